The molecule has 2 aromatic heterocycles. The van der Waals surface area contributed by atoms with Gasteiger partial charge in [0, 0.05) is 23.1 Å². The number of nitrogens with zero attached hydrogens (tertiary/aromatic N) is 2. The van der Waals surface area contributed by atoms with Crippen molar-refractivity contribution in [2.24, 2.45) is 0 Å². The minimum absolute atomic E-state index is 0.187. The van der Waals surface area contributed by atoms with Crippen LogP contribution in [0.3, 0.4) is 0 Å². The number of nitrogens with one attached hydrogen (secondary N) is 2. The first-order chi connectivity index (χ1) is 10.2. The lowest BCUT2D eigenvalue weighted by Crippen LogP contribution is -2.25. The van der Waals surface area contributed by atoms with Crippen molar-refractivity contribution in [3.05, 3.63) is 46.6 Å². The number of benzene rings is 1. The van der Waals surface area contributed by atoms with E-state index < -0.39 is 0 Å². The minimum atomic E-state index is -0.290. The Bertz CT molecular complexity index is 782. The van der Waals surface area contributed by atoms with Crippen molar-refractivity contribution < 1.29 is 9.18 Å². The summed E-state index contributed by atoms with van der Waals surface area (Å²) in [6.45, 7) is 2.22. The fourth-order valence-electron chi connectivity index (χ4n) is 2.20. The van der Waals surface area contributed by atoms with E-state index >= 15 is 0 Å². The first-order valence-electron chi connectivity index (χ1n) is 6.47. The van der Waals surface area contributed by atoms with Gasteiger partial charge in [0.2, 0.25) is 0 Å². The topological polar surface area (TPSA) is 70.7 Å². The molecule has 0 spiro atoms. The molecular weight excluding hydrogens is 291 g/mol. The highest BCUT2D eigenvalue weighted by Gasteiger charge is 2.17. The van der Waals surface area contributed by atoms with E-state index in [1.54, 1.807) is 13.0 Å². The van der Waals surface area contributed by atoms with Gasteiger partial charge < -0.3 is 5.32 Å². The predicted molar refractivity (Wildman–Crippen MR) is 78.9 cm³/mol. The molecule has 21 heavy (non-hydrogen) atoms. The summed E-state index contributed by atoms with van der Waals surface area (Å²) in [5, 5.41) is 9.82. The van der Waals surface area contributed by atoms with Crippen molar-refractivity contribution in [2.75, 3.05) is 6.54 Å². The minimum Gasteiger partial charge on any atom is -0.351 e. The monoisotopic (exact) mass is 304 g/mol. The summed E-state index contributed by atoms with van der Waals surface area (Å²) in [6, 6.07) is 4.88. The third-order valence-corrected chi connectivity index (χ3v) is 4.48. The Kier molecular flexibility index (Phi) is 3.66. The van der Waals surface area contributed by atoms with E-state index in [1.807, 2.05) is 6.07 Å². The van der Waals surface area contributed by atoms with Gasteiger partial charge in [-0.2, -0.15) is 5.10 Å². The van der Waals surface area contributed by atoms with Crippen LogP contribution >= 0.6 is 11.3 Å². The molecule has 0 aliphatic rings. The quantitative estimate of drug-likeness (QED) is 0.777. The van der Waals surface area contributed by atoms with Crippen molar-refractivity contribution in [1.29, 1.82) is 0 Å². The molecule has 0 bridgehead atoms. The van der Waals surface area contributed by atoms with Crippen molar-refractivity contribution in [3.63, 3.8) is 0 Å². The van der Waals surface area contributed by atoms with Gasteiger partial charge in [-0.3, -0.25) is 9.89 Å². The first-order valence-corrected chi connectivity index (χ1v) is 7.28. The Hall–Kier alpha value is -2.28. The van der Waals surface area contributed by atoms with E-state index in [-0.39, 0.29) is 11.7 Å². The van der Waals surface area contributed by atoms with Crippen LogP contribution in [0.15, 0.2) is 24.5 Å². The van der Waals surface area contributed by atoms with Gasteiger partial charge in [0.25, 0.3) is 5.91 Å². The number of aryl methyl sites for hydroxylation is 1. The number of fused-ring (bicyclic) bond motifs is 1. The second kappa shape index (κ2) is 5.61. The number of carbonyl (C=O) groups is 1. The standard InChI is InChI=1S/C14H13FN4OS/c1-8-12-9(15)3-2-4-10(12)21-13(8)14(20)16-6-5-11-17-7-18-19-11/h2-4,7H,5-6H2,1H3,(H,16,20)(H,17,18,19). The molecule has 7 heteroatoms. The number of thiophene rings is 1. The predicted octanol–water partition coefficient (Wildman–Crippen LogP) is 2.44. The van der Waals surface area contributed by atoms with Gasteiger partial charge in [-0.15, -0.1) is 11.3 Å². The van der Waals surface area contributed by atoms with E-state index in [0.29, 0.717) is 28.8 Å². The normalized spacial score (nSPS) is 11.0. The zero-order valence-electron chi connectivity index (χ0n) is 11.3. The van der Waals surface area contributed by atoms with E-state index in [1.165, 1.54) is 23.7 Å². The van der Waals surface area contributed by atoms with Gasteiger partial charge in [-0.05, 0) is 24.6 Å². The Morgan fingerprint density at radius 2 is 2.33 bits per heavy atom. The highest BCUT2D eigenvalue weighted by molar-refractivity contribution is 7.21. The second-order valence-electron chi connectivity index (χ2n) is 4.61. The third kappa shape index (κ3) is 2.64. The number of hydrogen-bond acceptors (Lipinski definition) is 4. The molecule has 0 fully saturated rings. The zero-order valence-corrected chi connectivity index (χ0v) is 12.1. The molecular formula is C14H13FN4OS. The summed E-state index contributed by atoms with van der Waals surface area (Å²) in [6.07, 6.45) is 2.00. The summed E-state index contributed by atoms with van der Waals surface area (Å²) >= 11 is 1.31. The van der Waals surface area contributed by atoms with Crippen molar-refractivity contribution in [2.45, 2.75) is 13.3 Å². The molecule has 1 amide bonds. The Morgan fingerprint density at radius 3 is 3.05 bits per heavy atom. The average molecular weight is 304 g/mol. The molecule has 0 aliphatic heterocycles. The molecule has 0 aliphatic carbocycles. The lowest BCUT2D eigenvalue weighted by Gasteiger charge is -2.03. The third-order valence-electron chi connectivity index (χ3n) is 3.22. The Labute approximate surface area is 124 Å². The van der Waals surface area contributed by atoms with Gasteiger partial charge in [0.1, 0.15) is 18.0 Å². The van der Waals surface area contributed by atoms with Crippen LogP contribution in [-0.2, 0) is 6.42 Å². The van der Waals surface area contributed by atoms with Crippen LogP contribution in [0.4, 0.5) is 4.39 Å². The van der Waals surface area contributed by atoms with Gasteiger partial charge >= 0.3 is 0 Å². The maximum Gasteiger partial charge on any atom is 0.261 e. The van der Waals surface area contributed by atoms with Gasteiger partial charge in [0.15, 0.2) is 0 Å². The van der Waals surface area contributed by atoms with Crippen molar-refractivity contribution >= 4 is 27.3 Å². The maximum atomic E-state index is 13.8. The maximum absolute atomic E-state index is 13.8. The summed E-state index contributed by atoms with van der Waals surface area (Å²) in [5.41, 5.74) is 0.685. The molecule has 3 aromatic rings. The van der Waals surface area contributed by atoms with E-state index in [0.717, 1.165) is 10.5 Å². The van der Waals surface area contributed by atoms with Crippen LogP contribution in [-0.4, -0.2) is 27.6 Å². The van der Waals surface area contributed by atoms with Crippen LogP contribution in [0.25, 0.3) is 10.1 Å². The molecule has 2 heterocycles. The lowest BCUT2D eigenvalue weighted by molar-refractivity contribution is 0.0957. The molecule has 3 rings (SSSR count). The summed E-state index contributed by atoms with van der Waals surface area (Å²) in [7, 11) is 0. The first kappa shape index (κ1) is 13.7. The number of halogens is 1. The Morgan fingerprint density at radius 1 is 1.48 bits per heavy atom. The molecule has 0 radical (unpaired) electrons. The number of aromatic amines is 1. The molecule has 1 aromatic carbocycles. The van der Waals surface area contributed by atoms with Crippen molar-refractivity contribution in [3.8, 4) is 0 Å². The smallest absolute Gasteiger partial charge is 0.261 e. The number of aromatic nitrogens is 3. The molecule has 0 unspecified atom stereocenters. The number of hydrogen-bond donors (Lipinski definition) is 2. The Balaban J connectivity index is 1.75. The molecule has 2 N–H and O–H groups in total. The van der Waals surface area contributed by atoms with Crippen LogP contribution in [0, 0.1) is 12.7 Å². The zero-order chi connectivity index (χ0) is 14.8. The number of H-pyrrole nitrogens is 1. The highest BCUT2D eigenvalue weighted by atomic mass is 32.1. The summed E-state index contributed by atoms with van der Waals surface area (Å²) < 4.78 is 14.6. The molecule has 0 atom stereocenters. The van der Waals surface area contributed by atoms with Gasteiger partial charge in [-0.1, -0.05) is 6.07 Å². The number of rotatable bonds is 4. The molecule has 0 saturated carbocycles. The number of amides is 1. The SMILES string of the molecule is Cc1c(C(=O)NCCc2ncn[nH]2)sc2cccc(F)c12. The average Bonchev–Trinajstić information content (AvgIpc) is 3.08. The van der Waals surface area contributed by atoms with Crippen LogP contribution < -0.4 is 5.32 Å². The van der Waals surface area contributed by atoms with Gasteiger partial charge in [0.05, 0.1) is 4.88 Å². The van der Waals surface area contributed by atoms with Crippen LogP contribution in [0.1, 0.15) is 21.1 Å². The largest absolute Gasteiger partial charge is 0.351 e. The van der Waals surface area contributed by atoms with Crippen LogP contribution in [0.2, 0.25) is 0 Å². The second-order valence-corrected chi connectivity index (χ2v) is 5.66. The lowest BCUT2D eigenvalue weighted by atomic mass is 10.1. The fourth-order valence-corrected chi connectivity index (χ4v) is 3.34. The molecule has 5 nitrogen and oxygen atoms in total. The summed E-state index contributed by atoms with van der Waals surface area (Å²) in [4.78, 5) is 16.7. The van der Waals surface area contributed by atoms with Gasteiger partial charge in [-0.25, -0.2) is 9.37 Å². The fraction of sp³-hybridized carbons (Fsp3) is 0.214. The van der Waals surface area contributed by atoms with Crippen LogP contribution in [0.5, 0.6) is 0 Å². The van der Waals surface area contributed by atoms with E-state index in [9.17, 15) is 9.18 Å². The van der Waals surface area contributed by atoms with Crippen molar-refractivity contribution in [1.82, 2.24) is 20.5 Å². The summed E-state index contributed by atoms with van der Waals surface area (Å²) in [5.74, 6) is 0.240. The molecule has 108 valence electrons. The molecule has 0 saturated heterocycles. The van der Waals surface area contributed by atoms with E-state index in [4.69, 9.17) is 0 Å². The highest BCUT2D eigenvalue weighted by Crippen LogP contribution is 2.32. The number of carbonyl (C=O) groups excluding carboxylic acids is 1. The van der Waals surface area contributed by atoms with E-state index in [2.05, 4.69) is 20.5 Å².